The van der Waals surface area contributed by atoms with Crippen molar-refractivity contribution in [3.63, 3.8) is 0 Å². The Balaban J connectivity index is 3.20. The normalized spacial score (nSPS) is 8.80. The molecule has 50 valence electrons. The van der Waals surface area contributed by atoms with E-state index in [-0.39, 0.29) is 0 Å². The van der Waals surface area contributed by atoms with Crippen LogP contribution in [0.5, 0.6) is 0 Å². The molecule has 0 bridgehead atoms. The summed E-state index contributed by atoms with van der Waals surface area (Å²) in [7, 11) is 0. The van der Waals surface area contributed by atoms with Gasteiger partial charge in [-0.1, -0.05) is 5.92 Å². The Labute approximate surface area is 60.1 Å². The van der Waals surface area contributed by atoms with Crippen LogP contribution in [-0.2, 0) is 0 Å². The van der Waals surface area contributed by atoms with Crippen molar-refractivity contribution in [3.8, 4) is 12.3 Å². The summed E-state index contributed by atoms with van der Waals surface area (Å²) in [5.74, 6) is 2.40. The van der Waals surface area contributed by atoms with Gasteiger partial charge in [-0.15, -0.1) is 6.42 Å². The number of nitrogens with zero attached hydrogens (tertiary/aromatic N) is 1. The number of pyridine rings is 1. The fourth-order valence-electron chi connectivity index (χ4n) is 0.618. The highest BCUT2D eigenvalue weighted by Crippen LogP contribution is 2.08. The van der Waals surface area contributed by atoms with Crippen LogP contribution in [0.2, 0.25) is 0 Å². The molecule has 1 aromatic heterocycles. The third-order valence-corrected chi connectivity index (χ3v) is 1.29. The molecule has 0 amide bonds. The van der Waals surface area contributed by atoms with Gasteiger partial charge in [0, 0.05) is 11.9 Å². The Bertz CT molecular complexity index is 284. The molecule has 2 N–H and O–H groups in total. The van der Waals surface area contributed by atoms with Crippen LogP contribution in [0.1, 0.15) is 11.3 Å². The molecular weight excluding hydrogens is 124 g/mol. The zero-order valence-electron chi connectivity index (χ0n) is 5.76. The molecule has 0 fully saturated rings. The zero-order valence-corrected chi connectivity index (χ0v) is 5.76. The number of nitrogens with two attached hydrogens (primary N) is 1. The summed E-state index contributed by atoms with van der Waals surface area (Å²) >= 11 is 0. The van der Waals surface area contributed by atoms with E-state index >= 15 is 0 Å². The lowest BCUT2D eigenvalue weighted by atomic mass is 10.2. The molecule has 2 heteroatoms. The largest absolute Gasteiger partial charge is 0.398 e. The molecule has 1 rings (SSSR count). The number of aryl methyl sites for hydroxylation is 1. The van der Waals surface area contributed by atoms with Crippen LogP contribution in [0.25, 0.3) is 0 Å². The molecule has 0 aliphatic carbocycles. The maximum Gasteiger partial charge on any atom is 0.114 e. The lowest BCUT2D eigenvalue weighted by Gasteiger charge is -1.97. The van der Waals surface area contributed by atoms with Gasteiger partial charge in [0.2, 0.25) is 0 Å². The number of nitrogen functional groups attached to an aromatic ring is 1. The smallest absolute Gasteiger partial charge is 0.114 e. The van der Waals surface area contributed by atoms with E-state index in [1.165, 1.54) is 0 Å². The van der Waals surface area contributed by atoms with Crippen molar-refractivity contribution in [2.75, 3.05) is 5.73 Å². The topological polar surface area (TPSA) is 38.9 Å². The van der Waals surface area contributed by atoms with Gasteiger partial charge in [-0.2, -0.15) is 0 Å². The summed E-state index contributed by atoms with van der Waals surface area (Å²) in [5, 5.41) is 0. The molecule has 0 aliphatic rings. The minimum atomic E-state index is 0.586. The number of aromatic nitrogens is 1. The monoisotopic (exact) mass is 132 g/mol. The van der Waals surface area contributed by atoms with E-state index in [4.69, 9.17) is 12.2 Å². The predicted octanol–water partition coefficient (Wildman–Crippen LogP) is 0.954. The Kier molecular flexibility index (Phi) is 1.59. The van der Waals surface area contributed by atoms with Crippen LogP contribution in [0, 0.1) is 19.3 Å². The van der Waals surface area contributed by atoms with Gasteiger partial charge in [0.25, 0.3) is 0 Å². The van der Waals surface area contributed by atoms with Gasteiger partial charge >= 0.3 is 0 Å². The quantitative estimate of drug-likeness (QED) is 0.534. The first-order valence-corrected chi connectivity index (χ1v) is 2.93. The van der Waals surface area contributed by atoms with Crippen LogP contribution in [0.4, 0.5) is 5.69 Å². The minimum absolute atomic E-state index is 0.586. The summed E-state index contributed by atoms with van der Waals surface area (Å²) in [6, 6.07) is 1.69. The van der Waals surface area contributed by atoms with Crippen molar-refractivity contribution < 1.29 is 0 Å². The number of anilines is 1. The van der Waals surface area contributed by atoms with Crippen molar-refractivity contribution in [1.82, 2.24) is 4.98 Å². The Hall–Kier alpha value is -1.49. The molecule has 0 spiro atoms. The van der Waals surface area contributed by atoms with Crippen LogP contribution in [0.3, 0.4) is 0 Å². The van der Waals surface area contributed by atoms with Crippen LogP contribution in [0.15, 0.2) is 12.3 Å². The first kappa shape index (κ1) is 6.63. The van der Waals surface area contributed by atoms with E-state index in [1.807, 2.05) is 6.92 Å². The lowest BCUT2D eigenvalue weighted by Crippen LogP contribution is -1.92. The van der Waals surface area contributed by atoms with E-state index in [2.05, 4.69) is 10.9 Å². The Morgan fingerprint density at radius 3 is 2.90 bits per heavy atom. The molecule has 0 aromatic carbocycles. The average Bonchev–Trinajstić information content (AvgIpc) is 1.95. The third kappa shape index (κ3) is 1.08. The maximum atomic E-state index is 5.56. The fourth-order valence-corrected chi connectivity index (χ4v) is 0.618. The van der Waals surface area contributed by atoms with Gasteiger partial charge in [0.1, 0.15) is 5.69 Å². The van der Waals surface area contributed by atoms with Crippen LogP contribution in [-0.4, -0.2) is 4.98 Å². The first-order chi connectivity index (χ1) is 4.74. The summed E-state index contributed by atoms with van der Waals surface area (Å²) in [6.07, 6.45) is 6.77. The second-order valence-corrected chi connectivity index (χ2v) is 2.07. The SMILES string of the molecule is C#Cc1cc(N)c(C)cn1. The molecule has 2 nitrogen and oxygen atoms in total. The van der Waals surface area contributed by atoms with E-state index in [9.17, 15) is 0 Å². The highest BCUT2D eigenvalue weighted by atomic mass is 14.7. The molecule has 0 saturated carbocycles. The molecule has 0 saturated heterocycles. The molecular formula is C8H8N2. The molecule has 1 aromatic rings. The highest BCUT2D eigenvalue weighted by Gasteiger charge is 1.93. The molecule has 0 radical (unpaired) electrons. The molecule has 1 heterocycles. The van der Waals surface area contributed by atoms with Gasteiger partial charge in [-0.25, -0.2) is 4.98 Å². The maximum absolute atomic E-state index is 5.56. The second kappa shape index (κ2) is 2.40. The first-order valence-electron chi connectivity index (χ1n) is 2.93. The van der Waals surface area contributed by atoms with E-state index in [1.54, 1.807) is 12.3 Å². The standard InChI is InChI=1S/C8H8N2/c1-3-7-4-8(9)6(2)5-10-7/h1,4-5H,2H3,(H2,9,10). The number of rotatable bonds is 0. The number of terminal acetylenes is 1. The van der Waals surface area contributed by atoms with Gasteiger partial charge in [-0.05, 0) is 18.6 Å². The molecule has 10 heavy (non-hydrogen) atoms. The van der Waals surface area contributed by atoms with Crippen molar-refractivity contribution in [3.05, 3.63) is 23.5 Å². The minimum Gasteiger partial charge on any atom is -0.398 e. The van der Waals surface area contributed by atoms with Crippen molar-refractivity contribution in [2.24, 2.45) is 0 Å². The summed E-state index contributed by atoms with van der Waals surface area (Å²) in [4.78, 5) is 3.94. The lowest BCUT2D eigenvalue weighted by molar-refractivity contribution is 1.24. The zero-order chi connectivity index (χ0) is 7.56. The third-order valence-electron chi connectivity index (χ3n) is 1.29. The van der Waals surface area contributed by atoms with Crippen LogP contribution < -0.4 is 5.73 Å². The average molecular weight is 132 g/mol. The van der Waals surface area contributed by atoms with Gasteiger partial charge in [0.15, 0.2) is 0 Å². The molecule has 0 atom stereocenters. The van der Waals surface area contributed by atoms with E-state index in [0.29, 0.717) is 11.4 Å². The Morgan fingerprint density at radius 2 is 2.40 bits per heavy atom. The van der Waals surface area contributed by atoms with Gasteiger partial charge in [0.05, 0.1) is 0 Å². The van der Waals surface area contributed by atoms with Crippen molar-refractivity contribution >= 4 is 5.69 Å². The van der Waals surface area contributed by atoms with Crippen LogP contribution >= 0.6 is 0 Å². The van der Waals surface area contributed by atoms with E-state index in [0.717, 1.165) is 5.56 Å². The number of hydrogen-bond acceptors (Lipinski definition) is 2. The second-order valence-electron chi connectivity index (χ2n) is 2.07. The van der Waals surface area contributed by atoms with Crippen molar-refractivity contribution in [2.45, 2.75) is 6.92 Å². The molecule has 0 aliphatic heterocycles. The van der Waals surface area contributed by atoms with Crippen molar-refractivity contribution in [1.29, 1.82) is 0 Å². The summed E-state index contributed by atoms with van der Waals surface area (Å²) < 4.78 is 0. The summed E-state index contributed by atoms with van der Waals surface area (Å²) in [6.45, 7) is 1.89. The summed E-state index contributed by atoms with van der Waals surface area (Å²) in [5.41, 5.74) is 7.80. The van der Waals surface area contributed by atoms with Gasteiger partial charge < -0.3 is 5.73 Å². The highest BCUT2D eigenvalue weighted by molar-refractivity contribution is 5.48. The predicted molar refractivity (Wildman–Crippen MR) is 41.3 cm³/mol. The molecule has 0 unspecified atom stereocenters. The Morgan fingerprint density at radius 1 is 1.70 bits per heavy atom. The fraction of sp³-hybridized carbons (Fsp3) is 0.125. The number of hydrogen-bond donors (Lipinski definition) is 1. The van der Waals surface area contributed by atoms with Gasteiger partial charge in [-0.3, -0.25) is 0 Å². The van der Waals surface area contributed by atoms with E-state index < -0.39 is 0 Å².